The van der Waals surface area contributed by atoms with Crippen molar-refractivity contribution >= 4 is 18.0 Å². The van der Waals surface area contributed by atoms with Gasteiger partial charge in [-0.25, -0.2) is 4.79 Å². The molecule has 2 aromatic rings. The standard InChI is InChI=1S/C24H26N2O5/c1-17(2)19-6-10-21(11-7-19)30-16-23(27)31-22-8-4-18(5-9-22)14-20(15-25)24(28)26-12-13-29-3/h4-11,14,17H,12-13,16H2,1-3H3,(H,26,28)/b20-14+. The summed E-state index contributed by atoms with van der Waals surface area (Å²) in [4.78, 5) is 24.0. The third kappa shape index (κ3) is 7.96. The van der Waals surface area contributed by atoms with E-state index in [4.69, 9.17) is 14.2 Å². The predicted octanol–water partition coefficient (Wildman–Crippen LogP) is 3.46. The van der Waals surface area contributed by atoms with Gasteiger partial charge in [-0.1, -0.05) is 38.1 Å². The highest BCUT2D eigenvalue weighted by Crippen LogP contribution is 2.19. The van der Waals surface area contributed by atoms with Crippen LogP contribution in [0.2, 0.25) is 0 Å². The van der Waals surface area contributed by atoms with Crippen LogP contribution in [0.1, 0.15) is 30.9 Å². The molecule has 0 aliphatic carbocycles. The van der Waals surface area contributed by atoms with Crippen molar-refractivity contribution in [3.05, 3.63) is 65.2 Å². The van der Waals surface area contributed by atoms with E-state index in [1.54, 1.807) is 24.3 Å². The number of hydrogen-bond acceptors (Lipinski definition) is 6. The van der Waals surface area contributed by atoms with Crippen LogP contribution in [-0.2, 0) is 14.3 Å². The molecule has 0 aromatic heterocycles. The number of nitrogens with one attached hydrogen (secondary N) is 1. The first-order chi connectivity index (χ1) is 14.9. The molecule has 0 radical (unpaired) electrons. The van der Waals surface area contributed by atoms with Crippen molar-refractivity contribution in [1.82, 2.24) is 5.32 Å². The van der Waals surface area contributed by atoms with E-state index in [1.165, 1.54) is 18.7 Å². The van der Waals surface area contributed by atoms with Gasteiger partial charge in [-0.05, 0) is 47.4 Å². The minimum absolute atomic E-state index is 0.0299. The van der Waals surface area contributed by atoms with Gasteiger partial charge in [0.1, 0.15) is 23.1 Å². The SMILES string of the molecule is COCCNC(=O)/C(C#N)=C/c1ccc(OC(=O)COc2ccc(C(C)C)cc2)cc1. The predicted molar refractivity (Wildman–Crippen MR) is 117 cm³/mol. The molecule has 1 amide bonds. The van der Waals surface area contributed by atoms with Crippen molar-refractivity contribution < 1.29 is 23.8 Å². The van der Waals surface area contributed by atoms with Crippen LogP contribution in [0.5, 0.6) is 11.5 Å². The van der Waals surface area contributed by atoms with Gasteiger partial charge in [0.15, 0.2) is 6.61 Å². The smallest absolute Gasteiger partial charge is 0.349 e. The van der Waals surface area contributed by atoms with Crippen molar-refractivity contribution in [1.29, 1.82) is 5.26 Å². The largest absolute Gasteiger partial charge is 0.482 e. The summed E-state index contributed by atoms with van der Waals surface area (Å²) in [5, 5.41) is 11.8. The van der Waals surface area contributed by atoms with Crippen molar-refractivity contribution in [2.45, 2.75) is 19.8 Å². The molecule has 0 spiro atoms. The lowest BCUT2D eigenvalue weighted by atomic mass is 10.0. The molecule has 7 heteroatoms. The van der Waals surface area contributed by atoms with E-state index >= 15 is 0 Å². The zero-order chi connectivity index (χ0) is 22.6. The molecule has 2 aromatic carbocycles. The zero-order valence-corrected chi connectivity index (χ0v) is 17.9. The molecule has 0 atom stereocenters. The van der Waals surface area contributed by atoms with Crippen LogP contribution >= 0.6 is 0 Å². The van der Waals surface area contributed by atoms with Gasteiger partial charge in [-0.3, -0.25) is 4.79 Å². The van der Waals surface area contributed by atoms with Gasteiger partial charge < -0.3 is 19.5 Å². The Hall–Kier alpha value is -3.63. The van der Waals surface area contributed by atoms with Gasteiger partial charge >= 0.3 is 5.97 Å². The van der Waals surface area contributed by atoms with E-state index < -0.39 is 11.9 Å². The molecule has 0 bridgehead atoms. The Kier molecular flexibility index (Phi) is 9.27. The summed E-state index contributed by atoms with van der Waals surface area (Å²) in [6.07, 6.45) is 1.46. The zero-order valence-electron chi connectivity index (χ0n) is 17.9. The number of amides is 1. The summed E-state index contributed by atoms with van der Waals surface area (Å²) in [6, 6.07) is 15.9. The summed E-state index contributed by atoms with van der Waals surface area (Å²) in [7, 11) is 1.53. The van der Waals surface area contributed by atoms with Crippen LogP contribution in [0.25, 0.3) is 6.08 Å². The maximum atomic E-state index is 12.0. The molecule has 0 unspecified atom stereocenters. The fourth-order valence-electron chi connectivity index (χ4n) is 2.56. The van der Waals surface area contributed by atoms with Crippen LogP contribution in [0.15, 0.2) is 54.1 Å². The minimum atomic E-state index is -0.536. The number of methoxy groups -OCH3 is 1. The number of carbonyl (C=O) groups excluding carboxylic acids is 2. The van der Waals surface area contributed by atoms with Crippen molar-refractivity contribution in [2.24, 2.45) is 0 Å². The molecule has 0 fully saturated rings. The summed E-state index contributed by atoms with van der Waals surface area (Å²) < 4.78 is 15.6. The molecule has 0 aliphatic heterocycles. The number of carbonyl (C=O) groups is 2. The van der Waals surface area contributed by atoms with Crippen molar-refractivity contribution in [3.8, 4) is 17.6 Å². The first kappa shape index (κ1) is 23.6. The average molecular weight is 422 g/mol. The summed E-state index contributed by atoms with van der Waals surface area (Å²) in [5.41, 5.74) is 1.79. The number of rotatable bonds is 10. The summed E-state index contributed by atoms with van der Waals surface area (Å²) >= 11 is 0. The second kappa shape index (κ2) is 12.2. The summed E-state index contributed by atoms with van der Waals surface area (Å²) in [5.74, 6) is 0.338. The molecule has 2 rings (SSSR count). The van der Waals surface area contributed by atoms with E-state index in [-0.39, 0.29) is 12.2 Å². The Morgan fingerprint density at radius 1 is 1.06 bits per heavy atom. The van der Waals surface area contributed by atoms with Crippen LogP contribution < -0.4 is 14.8 Å². The Morgan fingerprint density at radius 3 is 2.29 bits per heavy atom. The Labute approximate surface area is 182 Å². The highest BCUT2D eigenvalue weighted by atomic mass is 16.6. The number of esters is 1. The lowest BCUT2D eigenvalue weighted by molar-refractivity contribution is -0.136. The number of nitriles is 1. The van der Waals surface area contributed by atoms with Crippen molar-refractivity contribution in [3.63, 3.8) is 0 Å². The Morgan fingerprint density at radius 2 is 1.71 bits per heavy atom. The lowest BCUT2D eigenvalue weighted by Gasteiger charge is -2.09. The molecular formula is C24H26N2O5. The average Bonchev–Trinajstić information content (AvgIpc) is 2.77. The number of nitrogens with zero attached hydrogens (tertiary/aromatic N) is 1. The number of benzene rings is 2. The molecule has 0 heterocycles. The van der Waals surface area contributed by atoms with Gasteiger partial charge in [-0.15, -0.1) is 0 Å². The van der Waals surface area contributed by atoms with Gasteiger partial charge in [0.2, 0.25) is 0 Å². The van der Waals surface area contributed by atoms with E-state index in [9.17, 15) is 14.9 Å². The maximum absolute atomic E-state index is 12.0. The van der Waals surface area contributed by atoms with Gasteiger partial charge in [0.05, 0.1) is 6.61 Å². The van der Waals surface area contributed by atoms with Gasteiger partial charge in [0, 0.05) is 13.7 Å². The highest BCUT2D eigenvalue weighted by molar-refractivity contribution is 6.01. The van der Waals surface area contributed by atoms with Crippen LogP contribution in [0, 0.1) is 11.3 Å². The molecule has 0 saturated heterocycles. The fourth-order valence-corrected chi connectivity index (χ4v) is 2.56. The van der Waals surface area contributed by atoms with Crippen LogP contribution in [0.3, 0.4) is 0 Å². The van der Waals surface area contributed by atoms with Crippen molar-refractivity contribution in [2.75, 3.05) is 26.9 Å². The van der Waals surface area contributed by atoms with E-state index in [2.05, 4.69) is 19.2 Å². The van der Waals surface area contributed by atoms with Crippen LogP contribution in [0.4, 0.5) is 0 Å². The second-order valence-electron chi connectivity index (χ2n) is 6.97. The third-order valence-corrected chi connectivity index (χ3v) is 4.28. The molecule has 31 heavy (non-hydrogen) atoms. The van der Waals surface area contributed by atoms with E-state index in [0.717, 1.165) is 0 Å². The second-order valence-corrected chi connectivity index (χ2v) is 6.97. The van der Waals surface area contributed by atoms with E-state index in [0.29, 0.717) is 36.1 Å². The normalized spacial score (nSPS) is 11.0. The molecule has 0 saturated carbocycles. The lowest BCUT2D eigenvalue weighted by Crippen LogP contribution is -2.27. The van der Waals surface area contributed by atoms with Gasteiger partial charge in [-0.2, -0.15) is 5.26 Å². The quantitative estimate of drug-likeness (QED) is 0.207. The highest BCUT2D eigenvalue weighted by Gasteiger charge is 2.10. The minimum Gasteiger partial charge on any atom is -0.482 e. The fraction of sp³-hybridized carbons (Fsp3) is 0.292. The number of ether oxygens (including phenoxy) is 3. The number of hydrogen-bond donors (Lipinski definition) is 1. The first-order valence-electron chi connectivity index (χ1n) is 9.85. The van der Waals surface area contributed by atoms with Gasteiger partial charge in [0.25, 0.3) is 5.91 Å². The first-order valence-corrected chi connectivity index (χ1v) is 9.85. The monoisotopic (exact) mass is 422 g/mol. The Balaban J connectivity index is 1.88. The topological polar surface area (TPSA) is 97.6 Å². The maximum Gasteiger partial charge on any atom is 0.349 e. The summed E-state index contributed by atoms with van der Waals surface area (Å²) in [6.45, 7) is 4.66. The molecular weight excluding hydrogens is 396 g/mol. The Bertz CT molecular complexity index is 941. The molecule has 7 nitrogen and oxygen atoms in total. The van der Waals surface area contributed by atoms with Crippen LogP contribution in [-0.4, -0.2) is 38.7 Å². The van der Waals surface area contributed by atoms with E-state index in [1.807, 2.05) is 30.3 Å². The molecule has 162 valence electrons. The molecule has 0 aliphatic rings. The third-order valence-electron chi connectivity index (χ3n) is 4.28. The molecule has 1 N–H and O–H groups in total.